The summed E-state index contributed by atoms with van der Waals surface area (Å²) in [6.07, 6.45) is 0. The fourth-order valence-corrected chi connectivity index (χ4v) is 2.88. The number of benzene rings is 1. The van der Waals surface area contributed by atoms with Crippen LogP contribution in [-0.2, 0) is 4.79 Å². The SMILES string of the molecule is Cc1cc(N)ccc1NC(=O)C1C(C)(C)C1(C)C. The van der Waals surface area contributed by atoms with Crippen molar-refractivity contribution in [3.05, 3.63) is 23.8 Å². The molecule has 1 aliphatic rings. The number of amides is 1. The third kappa shape index (κ3) is 1.78. The van der Waals surface area contributed by atoms with E-state index in [1.807, 2.05) is 25.1 Å². The largest absolute Gasteiger partial charge is 0.399 e. The zero-order valence-electron chi connectivity index (χ0n) is 11.8. The summed E-state index contributed by atoms with van der Waals surface area (Å²) < 4.78 is 0. The van der Waals surface area contributed by atoms with Crippen LogP contribution in [0, 0.1) is 23.7 Å². The van der Waals surface area contributed by atoms with E-state index in [0.29, 0.717) is 0 Å². The van der Waals surface area contributed by atoms with Gasteiger partial charge in [0.1, 0.15) is 0 Å². The molecule has 1 amide bonds. The van der Waals surface area contributed by atoms with Gasteiger partial charge in [-0.15, -0.1) is 0 Å². The van der Waals surface area contributed by atoms with Gasteiger partial charge in [-0.05, 0) is 41.5 Å². The zero-order valence-corrected chi connectivity index (χ0v) is 11.8. The van der Waals surface area contributed by atoms with E-state index in [1.165, 1.54) is 0 Å². The van der Waals surface area contributed by atoms with Crippen LogP contribution >= 0.6 is 0 Å². The van der Waals surface area contributed by atoms with Crippen LogP contribution in [0.15, 0.2) is 18.2 Å². The van der Waals surface area contributed by atoms with E-state index in [4.69, 9.17) is 5.73 Å². The number of nitrogens with two attached hydrogens (primary N) is 1. The lowest BCUT2D eigenvalue weighted by Gasteiger charge is -2.10. The summed E-state index contributed by atoms with van der Waals surface area (Å²) >= 11 is 0. The number of carbonyl (C=O) groups excluding carboxylic acids is 1. The molecule has 3 N–H and O–H groups in total. The average Bonchev–Trinajstić information content (AvgIpc) is 2.62. The highest BCUT2D eigenvalue weighted by Crippen LogP contribution is 2.68. The predicted molar refractivity (Wildman–Crippen MR) is 75.3 cm³/mol. The van der Waals surface area contributed by atoms with Gasteiger partial charge in [0.05, 0.1) is 0 Å². The smallest absolute Gasteiger partial charge is 0.228 e. The molecule has 3 nitrogen and oxygen atoms in total. The van der Waals surface area contributed by atoms with Gasteiger partial charge in [0.2, 0.25) is 5.91 Å². The molecule has 0 heterocycles. The van der Waals surface area contributed by atoms with Crippen LogP contribution in [0.2, 0.25) is 0 Å². The second-order valence-electron chi connectivity index (χ2n) is 6.44. The van der Waals surface area contributed by atoms with Gasteiger partial charge in [-0.3, -0.25) is 4.79 Å². The van der Waals surface area contributed by atoms with E-state index in [-0.39, 0.29) is 22.7 Å². The Kier molecular flexibility index (Phi) is 2.69. The molecule has 0 aliphatic heterocycles. The van der Waals surface area contributed by atoms with E-state index < -0.39 is 0 Å². The van der Waals surface area contributed by atoms with Crippen LogP contribution in [0.3, 0.4) is 0 Å². The van der Waals surface area contributed by atoms with Gasteiger partial charge in [0.15, 0.2) is 0 Å². The molecule has 0 bridgehead atoms. The molecule has 0 unspecified atom stereocenters. The van der Waals surface area contributed by atoms with E-state index in [0.717, 1.165) is 16.9 Å². The van der Waals surface area contributed by atoms with Crippen LogP contribution in [0.1, 0.15) is 33.3 Å². The fraction of sp³-hybridized carbons (Fsp3) is 0.533. The molecule has 0 aromatic heterocycles. The maximum absolute atomic E-state index is 12.3. The molecule has 1 aromatic rings. The molecule has 2 rings (SSSR count). The van der Waals surface area contributed by atoms with Crippen molar-refractivity contribution in [2.45, 2.75) is 34.6 Å². The van der Waals surface area contributed by atoms with Crippen molar-refractivity contribution < 1.29 is 4.79 Å². The zero-order chi connectivity index (χ0) is 13.7. The molecule has 0 atom stereocenters. The van der Waals surface area contributed by atoms with Crippen molar-refractivity contribution >= 4 is 17.3 Å². The van der Waals surface area contributed by atoms with Gasteiger partial charge in [0.25, 0.3) is 0 Å². The molecule has 98 valence electrons. The standard InChI is InChI=1S/C15H22N2O/c1-9-8-10(16)6-7-11(9)17-13(18)12-14(2,3)15(12,4)5/h6-8,12H,16H2,1-5H3,(H,17,18). The quantitative estimate of drug-likeness (QED) is 0.787. The summed E-state index contributed by atoms with van der Waals surface area (Å²) in [7, 11) is 0. The Bertz CT molecular complexity index is 489. The Hall–Kier alpha value is -1.51. The van der Waals surface area contributed by atoms with Crippen LogP contribution < -0.4 is 11.1 Å². The Morgan fingerprint density at radius 3 is 2.22 bits per heavy atom. The molecular formula is C15H22N2O. The fourth-order valence-electron chi connectivity index (χ4n) is 2.88. The topological polar surface area (TPSA) is 55.1 Å². The summed E-state index contributed by atoms with van der Waals surface area (Å²) in [6.45, 7) is 10.5. The van der Waals surface area contributed by atoms with Gasteiger partial charge < -0.3 is 11.1 Å². The maximum Gasteiger partial charge on any atom is 0.228 e. The van der Waals surface area contributed by atoms with Gasteiger partial charge in [-0.1, -0.05) is 27.7 Å². The molecule has 1 fully saturated rings. The van der Waals surface area contributed by atoms with Crippen LogP contribution in [0.5, 0.6) is 0 Å². The van der Waals surface area contributed by atoms with E-state index in [2.05, 4.69) is 33.0 Å². The number of anilines is 2. The van der Waals surface area contributed by atoms with Crippen molar-refractivity contribution in [3.63, 3.8) is 0 Å². The number of rotatable bonds is 2. The Morgan fingerprint density at radius 1 is 1.22 bits per heavy atom. The first-order valence-corrected chi connectivity index (χ1v) is 6.35. The van der Waals surface area contributed by atoms with Crippen molar-refractivity contribution in [1.29, 1.82) is 0 Å². The number of hydrogen-bond acceptors (Lipinski definition) is 2. The van der Waals surface area contributed by atoms with Crippen molar-refractivity contribution in [3.8, 4) is 0 Å². The predicted octanol–water partition coefficient (Wildman–Crippen LogP) is 3.20. The van der Waals surface area contributed by atoms with Crippen LogP contribution in [0.4, 0.5) is 11.4 Å². The van der Waals surface area contributed by atoms with Crippen LogP contribution in [-0.4, -0.2) is 5.91 Å². The van der Waals surface area contributed by atoms with E-state index in [1.54, 1.807) is 0 Å². The summed E-state index contributed by atoms with van der Waals surface area (Å²) in [6, 6.07) is 5.55. The molecule has 3 heteroatoms. The normalized spacial score (nSPS) is 20.5. The Balaban J connectivity index is 2.14. The number of nitrogen functional groups attached to an aromatic ring is 1. The molecule has 0 saturated heterocycles. The van der Waals surface area contributed by atoms with Gasteiger partial charge in [-0.25, -0.2) is 0 Å². The lowest BCUT2D eigenvalue weighted by molar-refractivity contribution is -0.118. The Morgan fingerprint density at radius 2 is 1.78 bits per heavy atom. The third-order valence-electron chi connectivity index (χ3n) is 4.79. The second-order valence-corrected chi connectivity index (χ2v) is 6.44. The minimum atomic E-state index is 0.0683. The molecule has 0 spiro atoms. The molecule has 1 saturated carbocycles. The summed E-state index contributed by atoms with van der Waals surface area (Å²) in [4.78, 5) is 12.3. The molecule has 18 heavy (non-hydrogen) atoms. The summed E-state index contributed by atoms with van der Waals surface area (Å²) in [5.41, 5.74) is 8.41. The average molecular weight is 246 g/mol. The molecule has 1 aromatic carbocycles. The monoisotopic (exact) mass is 246 g/mol. The number of carbonyl (C=O) groups is 1. The molecule has 1 aliphatic carbocycles. The summed E-state index contributed by atoms with van der Waals surface area (Å²) in [5.74, 6) is 0.180. The lowest BCUT2D eigenvalue weighted by Crippen LogP contribution is -2.18. The van der Waals surface area contributed by atoms with E-state index >= 15 is 0 Å². The first-order chi connectivity index (χ1) is 8.18. The van der Waals surface area contributed by atoms with Crippen LogP contribution in [0.25, 0.3) is 0 Å². The highest BCUT2D eigenvalue weighted by atomic mass is 16.2. The number of nitrogens with one attached hydrogen (secondary N) is 1. The Labute approximate surface area is 109 Å². The summed E-state index contributed by atoms with van der Waals surface area (Å²) in [5, 5.41) is 3.02. The van der Waals surface area contributed by atoms with Crippen molar-refractivity contribution in [2.24, 2.45) is 16.7 Å². The number of aryl methyl sites for hydroxylation is 1. The molecular weight excluding hydrogens is 224 g/mol. The second kappa shape index (κ2) is 3.74. The van der Waals surface area contributed by atoms with Gasteiger partial charge in [0, 0.05) is 17.3 Å². The minimum absolute atomic E-state index is 0.0683. The van der Waals surface area contributed by atoms with Gasteiger partial charge >= 0.3 is 0 Å². The van der Waals surface area contributed by atoms with Gasteiger partial charge in [-0.2, -0.15) is 0 Å². The van der Waals surface area contributed by atoms with Crippen molar-refractivity contribution in [1.82, 2.24) is 0 Å². The number of hydrogen-bond donors (Lipinski definition) is 2. The first kappa shape index (κ1) is 12.9. The minimum Gasteiger partial charge on any atom is -0.399 e. The molecule has 0 radical (unpaired) electrons. The lowest BCUT2D eigenvalue weighted by atomic mass is 10.0. The highest BCUT2D eigenvalue weighted by Gasteiger charge is 2.68. The van der Waals surface area contributed by atoms with E-state index in [9.17, 15) is 4.79 Å². The highest BCUT2D eigenvalue weighted by molar-refractivity contribution is 5.96. The van der Waals surface area contributed by atoms with Crippen molar-refractivity contribution in [2.75, 3.05) is 11.1 Å². The maximum atomic E-state index is 12.3. The third-order valence-corrected chi connectivity index (χ3v) is 4.79. The first-order valence-electron chi connectivity index (χ1n) is 6.35.